The third-order valence-electron chi connectivity index (χ3n) is 3.96. The van der Waals surface area contributed by atoms with E-state index >= 15 is 0 Å². The van der Waals surface area contributed by atoms with Crippen LogP contribution in [-0.2, 0) is 5.75 Å². The van der Waals surface area contributed by atoms with Gasteiger partial charge in [0.15, 0.2) is 0 Å². The number of H-pyrrole nitrogens is 1. The number of thioether (sulfide) groups is 1. The minimum atomic E-state index is -0.495. The number of rotatable bonds is 3. The van der Waals surface area contributed by atoms with Crippen LogP contribution in [0, 0.1) is 12.7 Å². The van der Waals surface area contributed by atoms with E-state index in [1.165, 1.54) is 38.2 Å². The van der Waals surface area contributed by atoms with Gasteiger partial charge in [0.05, 0.1) is 11.3 Å². The van der Waals surface area contributed by atoms with Crippen molar-refractivity contribution in [3.8, 4) is 0 Å². The topological polar surface area (TPSA) is 45.8 Å². The summed E-state index contributed by atoms with van der Waals surface area (Å²) in [6.45, 7) is 1.81. The van der Waals surface area contributed by atoms with Crippen LogP contribution >= 0.6 is 11.8 Å². The zero-order valence-electron chi connectivity index (χ0n) is 12.1. The van der Waals surface area contributed by atoms with Gasteiger partial charge in [0.25, 0.3) is 5.56 Å². The van der Waals surface area contributed by atoms with Crippen molar-refractivity contribution in [3.05, 3.63) is 39.7 Å². The molecule has 0 spiro atoms. The number of nitrogens with one attached hydrogen (secondary N) is 1. The van der Waals surface area contributed by atoms with Gasteiger partial charge in [-0.15, -0.1) is 0 Å². The van der Waals surface area contributed by atoms with Crippen molar-refractivity contribution >= 4 is 22.7 Å². The number of aryl methyl sites for hydroxylation is 1. The van der Waals surface area contributed by atoms with Crippen molar-refractivity contribution in [3.63, 3.8) is 0 Å². The Labute approximate surface area is 127 Å². The fourth-order valence-electron chi connectivity index (χ4n) is 2.90. The average Bonchev–Trinajstić information content (AvgIpc) is 2.45. The lowest BCUT2D eigenvalue weighted by Gasteiger charge is -2.20. The number of hydrogen-bond donors (Lipinski definition) is 1. The van der Waals surface area contributed by atoms with Crippen LogP contribution in [0.25, 0.3) is 10.9 Å². The van der Waals surface area contributed by atoms with E-state index in [0.717, 1.165) is 5.56 Å². The van der Waals surface area contributed by atoms with E-state index in [2.05, 4.69) is 9.97 Å². The quantitative estimate of drug-likeness (QED) is 0.934. The third kappa shape index (κ3) is 3.28. The summed E-state index contributed by atoms with van der Waals surface area (Å²) in [5, 5.41) is 0.723. The normalized spacial score (nSPS) is 16.5. The first kappa shape index (κ1) is 14.6. The largest absolute Gasteiger partial charge is 0.309 e. The number of aromatic amines is 1. The van der Waals surface area contributed by atoms with Gasteiger partial charge in [-0.2, -0.15) is 11.8 Å². The molecule has 3 nitrogen and oxygen atoms in total. The predicted molar refractivity (Wildman–Crippen MR) is 85.2 cm³/mol. The Morgan fingerprint density at radius 3 is 2.86 bits per heavy atom. The van der Waals surface area contributed by atoms with Crippen LogP contribution in [-0.4, -0.2) is 15.2 Å². The summed E-state index contributed by atoms with van der Waals surface area (Å²) >= 11 is 1.85. The highest BCUT2D eigenvalue weighted by Crippen LogP contribution is 2.29. The van der Waals surface area contributed by atoms with Crippen molar-refractivity contribution < 1.29 is 4.39 Å². The number of benzene rings is 1. The summed E-state index contributed by atoms with van der Waals surface area (Å²) < 4.78 is 13.9. The van der Waals surface area contributed by atoms with E-state index in [1.54, 1.807) is 6.07 Å². The third-order valence-corrected chi connectivity index (χ3v) is 5.34. The Morgan fingerprint density at radius 2 is 2.10 bits per heavy atom. The van der Waals surface area contributed by atoms with Crippen molar-refractivity contribution in [2.24, 2.45) is 0 Å². The van der Waals surface area contributed by atoms with Gasteiger partial charge in [-0.3, -0.25) is 4.79 Å². The molecule has 5 heteroatoms. The second-order valence-electron chi connectivity index (χ2n) is 5.72. The van der Waals surface area contributed by atoms with Crippen LogP contribution < -0.4 is 5.56 Å². The number of hydrogen-bond acceptors (Lipinski definition) is 3. The molecule has 0 amide bonds. The minimum Gasteiger partial charge on any atom is -0.309 e. The molecule has 0 saturated heterocycles. The second kappa shape index (κ2) is 6.18. The standard InChI is InChI=1S/C16H19FN2OS/c1-10-7-12(17)15-13(8-10)18-14(19-16(15)20)9-21-11-5-3-2-4-6-11/h7-8,11H,2-6,9H2,1H3,(H,18,19,20). The molecule has 1 aliphatic carbocycles. The van der Waals surface area contributed by atoms with Gasteiger partial charge >= 0.3 is 0 Å². The SMILES string of the molecule is Cc1cc(F)c2c(=O)[nH]c(CSC3CCCCC3)nc2c1. The Bertz CT molecular complexity index is 707. The summed E-state index contributed by atoms with van der Waals surface area (Å²) in [5.41, 5.74) is 0.858. The molecule has 0 bridgehead atoms. The number of halogens is 1. The van der Waals surface area contributed by atoms with E-state index in [-0.39, 0.29) is 10.9 Å². The van der Waals surface area contributed by atoms with Gasteiger partial charge in [0.2, 0.25) is 0 Å². The van der Waals surface area contributed by atoms with Crippen molar-refractivity contribution in [1.82, 2.24) is 9.97 Å². The summed E-state index contributed by atoms with van der Waals surface area (Å²) in [6, 6.07) is 3.14. The Hall–Kier alpha value is -1.36. The van der Waals surface area contributed by atoms with E-state index in [9.17, 15) is 9.18 Å². The lowest BCUT2D eigenvalue weighted by Crippen LogP contribution is -2.14. The van der Waals surface area contributed by atoms with Crippen molar-refractivity contribution in [2.45, 2.75) is 50.0 Å². The summed E-state index contributed by atoms with van der Waals surface area (Å²) in [5.74, 6) is 0.837. The smallest absolute Gasteiger partial charge is 0.261 e. The molecule has 0 unspecified atom stereocenters. The number of aromatic nitrogens is 2. The molecule has 0 aliphatic heterocycles. The molecule has 3 rings (SSSR count). The van der Waals surface area contributed by atoms with Gasteiger partial charge in [-0.25, -0.2) is 9.37 Å². The van der Waals surface area contributed by atoms with Crippen molar-refractivity contribution in [1.29, 1.82) is 0 Å². The zero-order chi connectivity index (χ0) is 14.8. The number of nitrogens with zero attached hydrogens (tertiary/aromatic N) is 1. The molecule has 1 saturated carbocycles. The molecule has 112 valence electrons. The molecule has 1 fully saturated rings. The maximum atomic E-state index is 13.9. The lowest BCUT2D eigenvalue weighted by atomic mass is 10.0. The van der Waals surface area contributed by atoms with Crippen LogP contribution in [0.1, 0.15) is 43.5 Å². The molecule has 1 N–H and O–H groups in total. The highest BCUT2D eigenvalue weighted by Gasteiger charge is 2.15. The monoisotopic (exact) mass is 306 g/mol. The van der Waals surface area contributed by atoms with E-state index in [0.29, 0.717) is 22.3 Å². The van der Waals surface area contributed by atoms with Crippen LogP contribution in [0.15, 0.2) is 16.9 Å². The number of fused-ring (bicyclic) bond motifs is 1. The Kier molecular flexibility index (Phi) is 4.29. The Balaban J connectivity index is 1.84. The molecule has 1 aliphatic rings. The Morgan fingerprint density at radius 1 is 1.33 bits per heavy atom. The van der Waals surface area contributed by atoms with E-state index < -0.39 is 5.82 Å². The molecular formula is C16H19FN2OS. The molecular weight excluding hydrogens is 287 g/mol. The molecule has 21 heavy (non-hydrogen) atoms. The highest BCUT2D eigenvalue weighted by atomic mass is 32.2. The minimum absolute atomic E-state index is 0.0621. The van der Waals surface area contributed by atoms with Gasteiger partial charge in [-0.05, 0) is 37.5 Å². The summed E-state index contributed by atoms with van der Waals surface area (Å²) in [7, 11) is 0. The maximum Gasteiger partial charge on any atom is 0.261 e. The zero-order valence-corrected chi connectivity index (χ0v) is 12.9. The molecule has 1 aromatic carbocycles. The van der Waals surface area contributed by atoms with Crippen LogP contribution in [0.3, 0.4) is 0 Å². The van der Waals surface area contributed by atoms with Crippen LogP contribution in [0.5, 0.6) is 0 Å². The predicted octanol–water partition coefficient (Wildman–Crippen LogP) is 3.94. The van der Waals surface area contributed by atoms with Crippen LogP contribution in [0.4, 0.5) is 4.39 Å². The van der Waals surface area contributed by atoms with Gasteiger partial charge in [-0.1, -0.05) is 19.3 Å². The fourth-order valence-corrected chi connectivity index (χ4v) is 4.10. The fraction of sp³-hybridized carbons (Fsp3) is 0.500. The summed E-state index contributed by atoms with van der Waals surface area (Å²) in [4.78, 5) is 19.2. The molecule has 2 aromatic rings. The first-order valence-corrected chi connectivity index (χ1v) is 8.49. The first-order valence-electron chi connectivity index (χ1n) is 7.44. The van der Waals surface area contributed by atoms with Gasteiger partial charge in [0.1, 0.15) is 17.0 Å². The van der Waals surface area contributed by atoms with Gasteiger partial charge < -0.3 is 4.98 Å². The second-order valence-corrected chi connectivity index (χ2v) is 7.01. The van der Waals surface area contributed by atoms with Gasteiger partial charge in [0, 0.05) is 5.25 Å². The highest BCUT2D eigenvalue weighted by molar-refractivity contribution is 7.99. The first-order chi connectivity index (χ1) is 10.1. The van der Waals surface area contributed by atoms with E-state index in [1.807, 2.05) is 18.7 Å². The molecule has 0 atom stereocenters. The lowest BCUT2D eigenvalue weighted by molar-refractivity contribution is 0.516. The average molecular weight is 306 g/mol. The molecule has 1 heterocycles. The van der Waals surface area contributed by atoms with Crippen LogP contribution in [0.2, 0.25) is 0 Å². The summed E-state index contributed by atoms with van der Waals surface area (Å²) in [6.07, 6.45) is 6.42. The maximum absolute atomic E-state index is 13.9. The van der Waals surface area contributed by atoms with E-state index in [4.69, 9.17) is 0 Å². The molecule has 0 radical (unpaired) electrons. The van der Waals surface area contributed by atoms with Crippen molar-refractivity contribution in [2.75, 3.05) is 0 Å². The molecule has 1 aromatic heterocycles.